The molecule has 0 aromatic heterocycles. The maximum absolute atomic E-state index is 13.7. The Kier molecular flexibility index (Phi) is 8.36. The molecule has 0 saturated carbocycles. The number of rotatable bonds is 8. The number of halogens is 2. The Hall–Kier alpha value is -3.58. The van der Waals surface area contributed by atoms with E-state index in [0.29, 0.717) is 51.3 Å². The van der Waals surface area contributed by atoms with Gasteiger partial charge in [-0.2, -0.15) is 0 Å². The molecule has 0 radical (unpaired) electrons. The Labute approximate surface area is 237 Å². The zero-order chi connectivity index (χ0) is 27.4. The summed E-state index contributed by atoms with van der Waals surface area (Å²) in [6.45, 7) is 3.43. The second-order valence-electron chi connectivity index (χ2n) is 9.48. The number of hydrogen-bond acceptors (Lipinski definition) is 6. The average Bonchev–Trinajstić information content (AvgIpc) is 2.93. The molecule has 1 atom stereocenters. The van der Waals surface area contributed by atoms with Crippen molar-refractivity contribution in [3.8, 4) is 5.75 Å². The van der Waals surface area contributed by atoms with Crippen LogP contribution >= 0.6 is 23.2 Å². The lowest BCUT2D eigenvalue weighted by molar-refractivity contribution is -0.140. The summed E-state index contributed by atoms with van der Waals surface area (Å²) in [6.07, 6.45) is 0. The van der Waals surface area contributed by atoms with Gasteiger partial charge in [-0.15, -0.1) is 0 Å². The number of nitrogens with one attached hydrogen (secondary N) is 1. The van der Waals surface area contributed by atoms with Gasteiger partial charge in [-0.05, 0) is 36.2 Å². The zero-order valence-electron chi connectivity index (χ0n) is 21.5. The molecule has 39 heavy (non-hydrogen) atoms. The Morgan fingerprint density at radius 3 is 2.41 bits per heavy atom. The molecule has 0 bridgehead atoms. The van der Waals surface area contributed by atoms with Crippen LogP contribution in [0.3, 0.4) is 0 Å². The van der Waals surface area contributed by atoms with Crippen molar-refractivity contribution in [3.05, 3.63) is 123 Å². The molecule has 2 aliphatic rings. The van der Waals surface area contributed by atoms with Gasteiger partial charge in [-0.1, -0.05) is 83.9 Å². The Morgan fingerprint density at radius 2 is 1.67 bits per heavy atom. The first-order valence-corrected chi connectivity index (χ1v) is 13.5. The number of carbonyl (C=O) groups is 2. The fraction of sp³-hybridized carbons (Fsp3) is 0.226. The first-order valence-electron chi connectivity index (χ1n) is 12.7. The van der Waals surface area contributed by atoms with Gasteiger partial charge in [0.2, 0.25) is 0 Å². The van der Waals surface area contributed by atoms with E-state index in [-0.39, 0.29) is 25.5 Å². The van der Waals surface area contributed by atoms with Gasteiger partial charge in [-0.3, -0.25) is 9.69 Å². The van der Waals surface area contributed by atoms with Crippen molar-refractivity contribution >= 4 is 35.0 Å². The molecule has 3 aromatic rings. The molecule has 1 unspecified atom stereocenters. The third-order valence-electron chi connectivity index (χ3n) is 6.78. The zero-order valence-corrected chi connectivity index (χ0v) is 23.0. The van der Waals surface area contributed by atoms with E-state index in [1.807, 2.05) is 67.6 Å². The van der Waals surface area contributed by atoms with E-state index in [2.05, 4.69) is 10.2 Å². The summed E-state index contributed by atoms with van der Waals surface area (Å²) < 4.78 is 11.3. The molecule has 0 aliphatic carbocycles. The predicted molar refractivity (Wildman–Crippen MR) is 152 cm³/mol. The number of carbonyl (C=O) groups excluding carboxylic acids is 2. The summed E-state index contributed by atoms with van der Waals surface area (Å²) in [5, 5.41) is 3.99. The van der Waals surface area contributed by atoms with Gasteiger partial charge in [0, 0.05) is 36.0 Å². The fourth-order valence-electron chi connectivity index (χ4n) is 5.08. The molecule has 8 heteroatoms. The quantitative estimate of drug-likeness (QED) is 0.271. The Morgan fingerprint density at radius 1 is 0.949 bits per heavy atom. The van der Waals surface area contributed by atoms with E-state index in [4.69, 9.17) is 32.7 Å². The molecule has 0 spiro atoms. The summed E-state index contributed by atoms with van der Waals surface area (Å²) >= 11 is 13.0. The number of para-hydroxylation sites is 1. The van der Waals surface area contributed by atoms with E-state index in [1.54, 1.807) is 18.2 Å². The minimum atomic E-state index is -0.707. The lowest BCUT2D eigenvalue weighted by Gasteiger charge is -2.38. The van der Waals surface area contributed by atoms with Crippen LogP contribution in [0.1, 0.15) is 24.0 Å². The van der Waals surface area contributed by atoms with E-state index >= 15 is 0 Å². The largest absolute Gasteiger partial charge is 0.490 e. The second kappa shape index (κ2) is 12.1. The molecule has 1 N–H and O–H groups in total. The number of Topliss-reactive ketones (excluding diaryl/α,β-unsaturated/α-hetero) is 1. The first kappa shape index (κ1) is 27.0. The number of hydrogen-bond donors (Lipinski definition) is 1. The highest BCUT2D eigenvalue weighted by molar-refractivity contribution is 6.42. The summed E-state index contributed by atoms with van der Waals surface area (Å²) in [7, 11) is 0. The van der Waals surface area contributed by atoms with Gasteiger partial charge in [0.25, 0.3) is 0 Å². The Balaban J connectivity index is 1.42. The molecule has 0 amide bonds. The van der Waals surface area contributed by atoms with Crippen molar-refractivity contribution in [2.45, 2.75) is 19.4 Å². The van der Waals surface area contributed by atoms with E-state index in [0.717, 1.165) is 11.3 Å². The smallest absolute Gasteiger partial charge is 0.336 e. The minimum absolute atomic E-state index is 0.0468. The molecule has 5 rings (SSSR count). The van der Waals surface area contributed by atoms with Crippen molar-refractivity contribution in [1.29, 1.82) is 0 Å². The maximum atomic E-state index is 13.7. The summed E-state index contributed by atoms with van der Waals surface area (Å²) in [5.41, 5.74) is 3.93. The molecule has 0 fully saturated rings. The van der Waals surface area contributed by atoms with Crippen LogP contribution in [0, 0.1) is 0 Å². The van der Waals surface area contributed by atoms with Crippen molar-refractivity contribution in [2.24, 2.45) is 0 Å². The standard InChI is InChI=1S/C31H28Cl2N2O4/c1-20-27(31(37)39-16-15-38-22-11-6-3-7-12-22)28(23-13-8-14-24(32)30(23)33)29-25(34-20)18-35(19-26(29)36)17-21-9-4-2-5-10-21/h2-14,28,34H,15-19H2,1H3. The SMILES string of the molecule is CC1=C(C(=O)OCCOc2ccccc2)C(c2cccc(Cl)c2Cl)C2=C(CN(Cc3ccccc3)CC2=O)N1. The molecule has 6 nitrogen and oxygen atoms in total. The van der Waals surface area contributed by atoms with E-state index in [9.17, 15) is 9.59 Å². The van der Waals surface area contributed by atoms with Crippen molar-refractivity contribution in [2.75, 3.05) is 26.3 Å². The highest BCUT2D eigenvalue weighted by Crippen LogP contribution is 2.44. The first-order chi connectivity index (χ1) is 18.9. The minimum Gasteiger partial charge on any atom is -0.490 e. The average molecular weight is 563 g/mol. The number of allylic oxidation sites excluding steroid dienone is 1. The molecule has 2 heterocycles. The molecule has 0 saturated heterocycles. The van der Waals surface area contributed by atoms with Gasteiger partial charge in [-0.25, -0.2) is 4.79 Å². The number of ketones is 1. The van der Waals surface area contributed by atoms with Crippen LogP contribution < -0.4 is 10.1 Å². The van der Waals surface area contributed by atoms with Crippen LogP contribution in [0.2, 0.25) is 10.0 Å². The van der Waals surface area contributed by atoms with Gasteiger partial charge < -0.3 is 14.8 Å². The van der Waals surface area contributed by atoms with Gasteiger partial charge >= 0.3 is 5.97 Å². The summed E-state index contributed by atoms with van der Waals surface area (Å²) in [6, 6.07) is 24.6. The molecular weight excluding hydrogens is 535 g/mol. The van der Waals surface area contributed by atoms with Gasteiger partial charge in [0.05, 0.1) is 22.2 Å². The molecule has 200 valence electrons. The summed E-state index contributed by atoms with van der Waals surface area (Å²) in [4.78, 5) is 29.3. The van der Waals surface area contributed by atoms with Gasteiger partial charge in [0.15, 0.2) is 5.78 Å². The van der Waals surface area contributed by atoms with Crippen LogP contribution in [-0.4, -0.2) is 43.0 Å². The van der Waals surface area contributed by atoms with Crippen molar-refractivity contribution < 1.29 is 19.1 Å². The normalized spacial score (nSPS) is 17.5. The Bertz CT molecular complexity index is 1440. The van der Waals surface area contributed by atoms with Crippen LogP contribution in [-0.2, 0) is 20.9 Å². The monoisotopic (exact) mass is 562 g/mol. The lowest BCUT2D eigenvalue weighted by atomic mass is 9.77. The summed E-state index contributed by atoms with van der Waals surface area (Å²) in [5.74, 6) is -0.634. The lowest BCUT2D eigenvalue weighted by Crippen LogP contribution is -2.45. The molecule has 2 aliphatic heterocycles. The van der Waals surface area contributed by atoms with E-state index < -0.39 is 11.9 Å². The number of benzene rings is 3. The van der Waals surface area contributed by atoms with Crippen molar-refractivity contribution in [3.63, 3.8) is 0 Å². The number of ether oxygens (including phenoxy) is 2. The second-order valence-corrected chi connectivity index (χ2v) is 10.3. The number of nitrogens with zero attached hydrogens (tertiary/aromatic N) is 1. The molecular formula is C31H28Cl2N2O4. The third kappa shape index (κ3) is 6.04. The third-order valence-corrected chi connectivity index (χ3v) is 7.62. The van der Waals surface area contributed by atoms with E-state index in [1.165, 1.54) is 0 Å². The highest BCUT2D eigenvalue weighted by Gasteiger charge is 2.41. The maximum Gasteiger partial charge on any atom is 0.336 e. The number of esters is 1. The fourth-order valence-corrected chi connectivity index (χ4v) is 5.50. The van der Waals surface area contributed by atoms with Gasteiger partial charge in [0.1, 0.15) is 19.0 Å². The van der Waals surface area contributed by atoms with Crippen LogP contribution in [0.5, 0.6) is 5.75 Å². The van der Waals surface area contributed by atoms with Crippen molar-refractivity contribution in [1.82, 2.24) is 10.2 Å². The highest BCUT2D eigenvalue weighted by atomic mass is 35.5. The topological polar surface area (TPSA) is 67.9 Å². The number of dihydropyridines is 1. The van der Waals surface area contributed by atoms with Crippen LogP contribution in [0.15, 0.2) is 101 Å². The predicted octanol–water partition coefficient (Wildman–Crippen LogP) is 5.92. The van der Waals surface area contributed by atoms with Crippen LogP contribution in [0.25, 0.3) is 0 Å². The van der Waals surface area contributed by atoms with Crippen LogP contribution in [0.4, 0.5) is 0 Å². The molecule has 3 aromatic carbocycles.